The van der Waals surface area contributed by atoms with Crippen molar-refractivity contribution in [2.75, 3.05) is 7.11 Å². The van der Waals surface area contributed by atoms with Gasteiger partial charge in [-0.05, 0) is 0 Å². The van der Waals surface area contributed by atoms with Gasteiger partial charge in [0.15, 0.2) is 6.10 Å². The zero-order chi connectivity index (χ0) is 19.6. The Morgan fingerprint density at radius 2 is 1.08 bits per heavy atom. The van der Waals surface area contributed by atoms with Crippen LogP contribution in [-0.4, -0.2) is 59.6 Å². The van der Waals surface area contributed by atoms with Crippen molar-refractivity contribution in [1.82, 2.24) is 0 Å². The molecule has 1 rings (SSSR count). The monoisotopic (exact) mass is 384 g/mol. The quantitative estimate of drug-likeness (QED) is 0.602. The first-order chi connectivity index (χ1) is 10.4. The lowest BCUT2D eigenvalue weighted by atomic mass is 9.70. The molecule has 0 aliphatic heterocycles. The average Bonchev–Trinajstić information content (AvgIpc) is 2.43. The maximum atomic E-state index is 14.0. The summed E-state index contributed by atoms with van der Waals surface area (Å²) in [6, 6.07) is 0. The average molecular weight is 384 g/mol. The van der Waals surface area contributed by atoms with E-state index in [1.54, 1.807) is 0 Å². The van der Waals surface area contributed by atoms with Crippen molar-refractivity contribution in [2.45, 2.75) is 47.8 Å². The standard InChI is InChI=1S/C10H7F11O3/c1-24-4(23)3(22)2-5(11)6(12,13)8(16,17)10(20,21)9(18,19)7(5,14)15/h3,22H,2H2,1H3. The van der Waals surface area contributed by atoms with E-state index in [0.717, 1.165) is 0 Å². The predicted molar refractivity (Wildman–Crippen MR) is 51.2 cm³/mol. The summed E-state index contributed by atoms with van der Waals surface area (Å²) < 4.78 is 149. The highest BCUT2D eigenvalue weighted by Crippen LogP contribution is 2.70. The van der Waals surface area contributed by atoms with Gasteiger partial charge in [-0.1, -0.05) is 0 Å². The zero-order valence-corrected chi connectivity index (χ0v) is 11.2. The molecule has 1 aliphatic rings. The largest absolute Gasteiger partial charge is 0.467 e. The van der Waals surface area contributed by atoms with Gasteiger partial charge in [0.2, 0.25) is 0 Å². The van der Waals surface area contributed by atoms with Crippen LogP contribution in [0.15, 0.2) is 0 Å². The molecule has 0 aromatic rings. The first-order valence-electron chi connectivity index (χ1n) is 5.70. The van der Waals surface area contributed by atoms with Gasteiger partial charge in [0, 0.05) is 6.42 Å². The van der Waals surface area contributed by atoms with E-state index in [1.165, 1.54) is 0 Å². The molecule has 24 heavy (non-hydrogen) atoms. The number of ether oxygens (including phenoxy) is 1. The number of hydrogen-bond donors (Lipinski definition) is 1. The Kier molecular flexibility index (Phi) is 4.38. The van der Waals surface area contributed by atoms with Gasteiger partial charge in [-0.25, -0.2) is 9.18 Å². The molecule has 1 N–H and O–H groups in total. The minimum Gasteiger partial charge on any atom is -0.467 e. The van der Waals surface area contributed by atoms with E-state index in [0.29, 0.717) is 7.11 Å². The predicted octanol–water partition coefficient (Wildman–Crippen LogP) is 2.81. The SMILES string of the molecule is COC(=O)C(O)CC1(F)C(F)(F)C(F)(F)C(F)(F)C(F)(F)C1(F)F. The van der Waals surface area contributed by atoms with Crippen LogP contribution in [0, 0.1) is 0 Å². The van der Waals surface area contributed by atoms with Gasteiger partial charge in [0.25, 0.3) is 5.67 Å². The van der Waals surface area contributed by atoms with Crippen LogP contribution in [0.3, 0.4) is 0 Å². The summed E-state index contributed by atoms with van der Waals surface area (Å²) in [5.41, 5.74) is -6.40. The molecule has 1 unspecified atom stereocenters. The number of esters is 1. The van der Waals surface area contributed by atoms with Crippen molar-refractivity contribution >= 4 is 5.97 Å². The fourth-order valence-electron chi connectivity index (χ4n) is 2.03. The molecule has 3 nitrogen and oxygen atoms in total. The van der Waals surface area contributed by atoms with Crippen LogP contribution < -0.4 is 0 Å². The molecule has 0 radical (unpaired) electrons. The van der Waals surface area contributed by atoms with E-state index in [9.17, 15) is 53.1 Å². The van der Waals surface area contributed by atoms with E-state index in [2.05, 4.69) is 4.74 Å². The third-order valence-corrected chi connectivity index (χ3v) is 3.52. The lowest BCUT2D eigenvalue weighted by molar-refractivity contribution is -0.486. The minimum atomic E-state index is -7.33. The van der Waals surface area contributed by atoms with Crippen molar-refractivity contribution < 1.29 is 62.9 Å². The maximum absolute atomic E-state index is 14.0. The molecule has 0 aromatic carbocycles. The molecule has 1 atom stereocenters. The van der Waals surface area contributed by atoms with Gasteiger partial charge >= 0.3 is 35.6 Å². The second kappa shape index (κ2) is 5.08. The van der Waals surface area contributed by atoms with E-state index < -0.39 is 53.8 Å². The number of aliphatic hydroxyl groups is 1. The van der Waals surface area contributed by atoms with Gasteiger partial charge in [-0.15, -0.1) is 0 Å². The molecule has 1 aliphatic carbocycles. The van der Waals surface area contributed by atoms with Gasteiger partial charge < -0.3 is 9.84 Å². The van der Waals surface area contributed by atoms with E-state index >= 15 is 0 Å². The van der Waals surface area contributed by atoms with E-state index in [1.807, 2.05) is 0 Å². The van der Waals surface area contributed by atoms with Crippen LogP contribution in [0.4, 0.5) is 48.3 Å². The van der Waals surface area contributed by atoms with E-state index in [-0.39, 0.29) is 0 Å². The Bertz CT molecular complexity index is 500. The van der Waals surface area contributed by atoms with Crippen LogP contribution in [0.25, 0.3) is 0 Å². The second-order valence-corrected chi connectivity index (χ2v) is 4.92. The molecule has 1 fully saturated rings. The molecule has 0 bridgehead atoms. The number of methoxy groups -OCH3 is 1. The minimum absolute atomic E-state index is 0.422. The van der Waals surface area contributed by atoms with Crippen LogP contribution in [0.2, 0.25) is 0 Å². The maximum Gasteiger partial charge on any atom is 0.384 e. The second-order valence-electron chi connectivity index (χ2n) is 4.92. The topological polar surface area (TPSA) is 46.5 Å². The number of carbonyl (C=O) groups is 1. The molecule has 1 saturated carbocycles. The summed E-state index contributed by atoms with van der Waals surface area (Å²) in [6.45, 7) is 0. The van der Waals surface area contributed by atoms with Crippen molar-refractivity contribution in [3.63, 3.8) is 0 Å². The molecule has 0 aromatic heterocycles. The Hall–Kier alpha value is -1.34. The van der Waals surface area contributed by atoms with Gasteiger partial charge in [-0.3, -0.25) is 0 Å². The normalized spacial score (nSPS) is 29.5. The van der Waals surface area contributed by atoms with Crippen LogP contribution in [0.1, 0.15) is 6.42 Å². The van der Waals surface area contributed by atoms with Crippen LogP contribution in [0.5, 0.6) is 0 Å². The Balaban J connectivity index is 3.66. The summed E-state index contributed by atoms with van der Waals surface area (Å²) in [5.74, 6) is -38.2. The lowest BCUT2D eigenvalue weighted by Crippen LogP contribution is -2.84. The summed E-state index contributed by atoms with van der Waals surface area (Å²) in [6.07, 6.45) is -6.39. The highest BCUT2D eigenvalue weighted by Gasteiger charge is 3.00. The van der Waals surface area contributed by atoms with Crippen molar-refractivity contribution in [3.8, 4) is 0 Å². The third kappa shape index (κ3) is 1.97. The molecule has 0 saturated heterocycles. The summed E-state index contributed by atoms with van der Waals surface area (Å²) in [4.78, 5) is 10.7. The van der Waals surface area contributed by atoms with Crippen molar-refractivity contribution in [3.05, 3.63) is 0 Å². The summed E-state index contributed by atoms with van der Waals surface area (Å²) in [5, 5.41) is 8.91. The molecular weight excluding hydrogens is 377 g/mol. The first-order valence-corrected chi connectivity index (χ1v) is 5.70. The highest BCUT2D eigenvalue weighted by atomic mass is 19.4. The number of rotatable bonds is 3. The number of aliphatic hydroxyl groups excluding tert-OH is 1. The summed E-state index contributed by atoms with van der Waals surface area (Å²) >= 11 is 0. The zero-order valence-electron chi connectivity index (χ0n) is 11.2. The number of hydrogen-bond acceptors (Lipinski definition) is 3. The number of alkyl halides is 11. The highest BCUT2D eigenvalue weighted by molar-refractivity contribution is 5.74. The molecule has 142 valence electrons. The molecule has 0 amide bonds. The molecule has 14 heteroatoms. The van der Waals surface area contributed by atoms with E-state index in [4.69, 9.17) is 5.11 Å². The smallest absolute Gasteiger partial charge is 0.384 e. The van der Waals surface area contributed by atoms with Gasteiger partial charge in [-0.2, -0.15) is 43.9 Å². The van der Waals surface area contributed by atoms with Crippen molar-refractivity contribution in [1.29, 1.82) is 0 Å². The van der Waals surface area contributed by atoms with Crippen molar-refractivity contribution in [2.24, 2.45) is 0 Å². The van der Waals surface area contributed by atoms with Gasteiger partial charge in [0.1, 0.15) is 0 Å². The fourth-order valence-corrected chi connectivity index (χ4v) is 2.03. The number of carbonyl (C=O) groups excluding carboxylic acids is 1. The Morgan fingerprint density at radius 1 is 0.792 bits per heavy atom. The summed E-state index contributed by atoms with van der Waals surface area (Å²) in [7, 11) is 0.422. The van der Waals surface area contributed by atoms with Crippen LogP contribution >= 0.6 is 0 Å². The first kappa shape index (κ1) is 20.7. The molecule has 0 heterocycles. The van der Waals surface area contributed by atoms with Crippen LogP contribution in [-0.2, 0) is 9.53 Å². The van der Waals surface area contributed by atoms with Gasteiger partial charge in [0.05, 0.1) is 7.11 Å². The fraction of sp³-hybridized carbons (Fsp3) is 0.900. The Labute approximate surface area is 125 Å². The number of halogens is 11. The third-order valence-electron chi connectivity index (χ3n) is 3.52. The molecular formula is C10H7F11O3. The lowest BCUT2D eigenvalue weighted by Gasteiger charge is -2.52. The Morgan fingerprint density at radius 3 is 1.38 bits per heavy atom. The molecule has 0 spiro atoms.